The smallest absolute Gasteiger partial charge is 0.462 e. The summed E-state index contributed by atoms with van der Waals surface area (Å²) in [7, 11) is -4.65. The molecular weight excluding hydrogens is 759 g/mol. The summed E-state index contributed by atoms with van der Waals surface area (Å²) in [6, 6.07) is 0. The van der Waals surface area contributed by atoms with E-state index >= 15 is 0 Å². The summed E-state index contributed by atoms with van der Waals surface area (Å²) < 4.78 is 32.6. The average molecular weight is 835 g/mol. The van der Waals surface area contributed by atoms with Crippen LogP contribution in [0.2, 0.25) is 0 Å². The number of carbonyl (C=O) groups excluding carboxylic acids is 2. The highest BCUT2D eigenvalue weighted by Crippen LogP contribution is 2.43. The molecule has 58 heavy (non-hydrogen) atoms. The first-order valence-electron chi connectivity index (χ1n) is 21.3. The zero-order valence-electron chi connectivity index (χ0n) is 35.3. The van der Waals surface area contributed by atoms with Crippen LogP contribution in [0.1, 0.15) is 136 Å². The number of aliphatic hydroxyl groups excluding tert-OH is 3. The van der Waals surface area contributed by atoms with Crippen LogP contribution in [-0.2, 0) is 32.7 Å². The Bertz CT molecular complexity index is 1300. The molecule has 0 aliphatic carbocycles. The lowest BCUT2D eigenvalue weighted by Gasteiger charge is -2.20. The predicted molar refractivity (Wildman–Crippen MR) is 234 cm³/mol. The van der Waals surface area contributed by atoms with Gasteiger partial charge >= 0.3 is 19.8 Å². The van der Waals surface area contributed by atoms with Gasteiger partial charge in [0.15, 0.2) is 6.10 Å². The number of allylic oxidation sites excluding steroid dienone is 15. The van der Waals surface area contributed by atoms with Gasteiger partial charge < -0.3 is 29.7 Å². The van der Waals surface area contributed by atoms with E-state index in [1.165, 1.54) is 0 Å². The standard InChI is InChI=1S/C46H75O11P/c1-3-5-7-8-9-10-11-12-13-14-15-16-21-24-27-30-33-37-46(51)57-44(41-56-58(52,53)55-39-43(49)38-47)40-54-45(50)36-32-29-26-23-20-18-17-19-22-25-28-31-35-42(48)34-6-4-2/h5,7,9-10,12-13,15-18,22-23,25-26,31,35,42-44,47-49H,3-4,6,8,11,14,19-21,24,27-30,32-34,36-41H2,1-2H3,(H,52,53)/b7-5-,10-9-,13-12-,16-15-,18-17-,25-22-,26-23-,35-31-/t42-,43-,44+/m0/s1. The quantitative estimate of drug-likeness (QED) is 0.0202. The van der Waals surface area contributed by atoms with Crippen LogP contribution in [0.15, 0.2) is 97.2 Å². The fourth-order valence-corrected chi connectivity index (χ4v) is 5.78. The molecule has 0 aliphatic heterocycles. The minimum absolute atomic E-state index is 0.130. The first-order chi connectivity index (χ1) is 28.1. The number of carbonyl (C=O) groups is 2. The first kappa shape index (κ1) is 54.9. The second-order valence-corrected chi connectivity index (χ2v) is 15.3. The van der Waals surface area contributed by atoms with Crippen molar-refractivity contribution in [3.8, 4) is 0 Å². The van der Waals surface area contributed by atoms with Crippen LogP contribution in [0.3, 0.4) is 0 Å². The highest BCUT2D eigenvalue weighted by Gasteiger charge is 2.27. The van der Waals surface area contributed by atoms with Crippen molar-refractivity contribution in [1.82, 2.24) is 0 Å². The van der Waals surface area contributed by atoms with Gasteiger partial charge in [0.05, 0.1) is 25.9 Å². The first-order valence-corrected chi connectivity index (χ1v) is 22.8. The molecule has 0 rings (SSSR count). The van der Waals surface area contributed by atoms with Crippen molar-refractivity contribution in [3.63, 3.8) is 0 Å². The van der Waals surface area contributed by atoms with Crippen molar-refractivity contribution >= 4 is 19.8 Å². The van der Waals surface area contributed by atoms with Crippen LogP contribution in [-0.4, -0.2) is 76.9 Å². The molecule has 0 aromatic carbocycles. The summed E-state index contributed by atoms with van der Waals surface area (Å²) in [5, 5.41) is 28.1. The van der Waals surface area contributed by atoms with Crippen molar-refractivity contribution < 1.29 is 52.9 Å². The van der Waals surface area contributed by atoms with E-state index in [9.17, 15) is 29.3 Å². The lowest BCUT2D eigenvalue weighted by molar-refractivity contribution is -0.161. The Labute approximate surface area is 349 Å². The minimum atomic E-state index is -4.65. The van der Waals surface area contributed by atoms with Crippen LogP contribution >= 0.6 is 7.82 Å². The molecule has 0 bridgehead atoms. The molecule has 11 nitrogen and oxygen atoms in total. The lowest BCUT2D eigenvalue weighted by atomic mass is 10.1. The molecule has 0 aliphatic rings. The number of ether oxygens (including phenoxy) is 2. The Hall–Kier alpha value is -3.15. The number of phosphoric ester groups is 1. The summed E-state index contributed by atoms with van der Waals surface area (Å²) in [6.45, 7) is 1.98. The average Bonchev–Trinajstić information content (AvgIpc) is 3.21. The third-order valence-corrected chi connectivity index (χ3v) is 9.24. The maximum atomic E-state index is 12.6. The highest BCUT2D eigenvalue weighted by molar-refractivity contribution is 7.47. The van der Waals surface area contributed by atoms with E-state index in [1.807, 2.05) is 24.3 Å². The van der Waals surface area contributed by atoms with E-state index in [-0.39, 0.29) is 25.6 Å². The lowest BCUT2D eigenvalue weighted by Crippen LogP contribution is -2.29. The van der Waals surface area contributed by atoms with E-state index in [4.69, 9.17) is 19.1 Å². The Morgan fingerprint density at radius 3 is 1.66 bits per heavy atom. The van der Waals surface area contributed by atoms with Gasteiger partial charge in [-0.3, -0.25) is 18.6 Å². The molecule has 4 N–H and O–H groups in total. The summed E-state index contributed by atoms with van der Waals surface area (Å²) in [5.41, 5.74) is 0. The van der Waals surface area contributed by atoms with E-state index in [0.717, 1.165) is 89.9 Å². The van der Waals surface area contributed by atoms with Gasteiger partial charge in [0.1, 0.15) is 12.7 Å². The van der Waals surface area contributed by atoms with Gasteiger partial charge in [-0.1, -0.05) is 137 Å². The SMILES string of the molecule is CC/C=C\C/C=C\C/C=C\C/C=C\CCCCCCC(=O)O[C@H](COC(=O)CCC/C=C\C/C=C\C/C=C\C/C=C\[C@@H](O)CCCC)COP(=O)(O)OC[C@@H](O)CO. The zero-order valence-corrected chi connectivity index (χ0v) is 36.2. The molecule has 0 saturated heterocycles. The molecule has 0 aromatic heterocycles. The van der Waals surface area contributed by atoms with Gasteiger partial charge in [-0.15, -0.1) is 0 Å². The molecule has 12 heteroatoms. The number of rotatable bonds is 38. The maximum Gasteiger partial charge on any atom is 0.472 e. The number of hydrogen-bond acceptors (Lipinski definition) is 10. The maximum absolute atomic E-state index is 12.6. The minimum Gasteiger partial charge on any atom is -0.462 e. The van der Waals surface area contributed by atoms with Crippen molar-refractivity contribution in [2.75, 3.05) is 26.4 Å². The topological polar surface area (TPSA) is 169 Å². The van der Waals surface area contributed by atoms with Crippen molar-refractivity contribution in [1.29, 1.82) is 0 Å². The molecule has 4 atom stereocenters. The van der Waals surface area contributed by atoms with Gasteiger partial charge in [0.25, 0.3) is 0 Å². The third-order valence-electron chi connectivity index (χ3n) is 8.29. The molecule has 0 spiro atoms. The van der Waals surface area contributed by atoms with Gasteiger partial charge in [-0.25, -0.2) is 4.57 Å². The predicted octanol–water partition coefficient (Wildman–Crippen LogP) is 10.2. The summed E-state index contributed by atoms with van der Waals surface area (Å²) >= 11 is 0. The molecule has 0 saturated carbocycles. The highest BCUT2D eigenvalue weighted by atomic mass is 31.2. The Kier molecular flexibility index (Phi) is 38.4. The monoisotopic (exact) mass is 835 g/mol. The van der Waals surface area contributed by atoms with Gasteiger partial charge in [-0.05, 0) is 83.5 Å². The molecule has 330 valence electrons. The van der Waals surface area contributed by atoms with E-state index in [2.05, 4.69) is 91.3 Å². The fourth-order valence-electron chi connectivity index (χ4n) is 4.99. The molecule has 0 amide bonds. The largest absolute Gasteiger partial charge is 0.472 e. The van der Waals surface area contributed by atoms with Crippen molar-refractivity contribution in [2.24, 2.45) is 0 Å². The molecule has 0 aromatic rings. The second kappa shape index (κ2) is 40.6. The van der Waals surface area contributed by atoms with Gasteiger partial charge in [0.2, 0.25) is 0 Å². The third kappa shape index (κ3) is 39.7. The molecular formula is C46H75O11P. The van der Waals surface area contributed by atoms with E-state index < -0.39 is 51.8 Å². The van der Waals surface area contributed by atoms with E-state index in [1.54, 1.807) is 0 Å². The fraction of sp³-hybridized carbons (Fsp3) is 0.609. The Morgan fingerprint density at radius 1 is 0.586 bits per heavy atom. The number of hydrogen-bond donors (Lipinski definition) is 4. The zero-order chi connectivity index (χ0) is 42.8. The Balaban J connectivity index is 4.50. The van der Waals surface area contributed by atoms with Gasteiger partial charge in [-0.2, -0.15) is 0 Å². The van der Waals surface area contributed by atoms with Crippen LogP contribution in [0.4, 0.5) is 0 Å². The summed E-state index contributed by atoms with van der Waals surface area (Å²) in [4.78, 5) is 35.0. The van der Waals surface area contributed by atoms with Gasteiger partial charge in [0, 0.05) is 12.8 Å². The van der Waals surface area contributed by atoms with Crippen LogP contribution in [0, 0.1) is 0 Å². The Morgan fingerprint density at radius 2 is 1.09 bits per heavy atom. The van der Waals surface area contributed by atoms with Crippen molar-refractivity contribution in [2.45, 2.75) is 154 Å². The number of unbranched alkanes of at least 4 members (excludes halogenated alkanes) is 6. The normalized spacial score (nSPS) is 15.3. The molecule has 1 unspecified atom stereocenters. The molecule has 0 heterocycles. The molecule has 0 fully saturated rings. The number of phosphoric acid groups is 1. The summed E-state index contributed by atoms with van der Waals surface area (Å²) in [5.74, 6) is -1.05. The van der Waals surface area contributed by atoms with E-state index in [0.29, 0.717) is 19.3 Å². The van der Waals surface area contributed by atoms with Crippen LogP contribution < -0.4 is 0 Å². The van der Waals surface area contributed by atoms with Crippen LogP contribution in [0.5, 0.6) is 0 Å². The number of esters is 2. The second-order valence-electron chi connectivity index (χ2n) is 13.8. The van der Waals surface area contributed by atoms with Crippen LogP contribution in [0.25, 0.3) is 0 Å². The molecule has 0 radical (unpaired) electrons. The summed E-state index contributed by atoms with van der Waals surface area (Å²) in [6.07, 6.45) is 45.7. The van der Waals surface area contributed by atoms with Crippen molar-refractivity contribution in [3.05, 3.63) is 97.2 Å². The number of aliphatic hydroxyl groups is 3.